The Morgan fingerprint density at radius 3 is 1.91 bits per heavy atom. The van der Waals surface area contributed by atoms with Crippen molar-refractivity contribution in [3.63, 3.8) is 0 Å². The second-order valence-electron chi connectivity index (χ2n) is 9.41. The summed E-state index contributed by atoms with van der Waals surface area (Å²) in [6.45, 7) is 6.13. The van der Waals surface area contributed by atoms with E-state index in [0.29, 0.717) is 19.6 Å². The summed E-state index contributed by atoms with van der Waals surface area (Å²) < 4.78 is 15.9. The molecule has 6 nitrogen and oxygen atoms in total. The van der Waals surface area contributed by atoms with Crippen LogP contribution >= 0.6 is 0 Å². The van der Waals surface area contributed by atoms with Gasteiger partial charge in [-0.15, -0.1) is 0 Å². The van der Waals surface area contributed by atoms with Gasteiger partial charge in [0.25, 0.3) is 0 Å². The smallest absolute Gasteiger partial charge is 0.466 e. The number of esters is 1. The Morgan fingerprint density at radius 2 is 1.27 bits per heavy atom. The number of unbranched alkanes of at least 4 members (excludes halogenated alkanes) is 11. The van der Waals surface area contributed by atoms with Crippen molar-refractivity contribution in [3.8, 4) is 0 Å². The lowest BCUT2D eigenvalue weighted by molar-refractivity contribution is -0.143. The largest absolute Gasteiger partial charge is 0.508 e. The molecule has 0 amide bonds. The molecule has 0 aliphatic rings. The molecule has 0 saturated carbocycles. The third-order valence-electron chi connectivity index (χ3n) is 5.86. The van der Waals surface area contributed by atoms with Crippen LogP contribution in [-0.2, 0) is 19.0 Å². The van der Waals surface area contributed by atoms with E-state index in [1.165, 1.54) is 51.4 Å². The predicted octanol–water partition coefficient (Wildman–Crippen LogP) is 7.28. The van der Waals surface area contributed by atoms with Crippen molar-refractivity contribution in [1.29, 1.82) is 0 Å². The number of carbonyl (C=O) groups is 2. The van der Waals surface area contributed by atoms with E-state index < -0.39 is 6.16 Å². The van der Waals surface area contributed by atoms with Gasteiger partial charge >= 0.3 is 12.1 Å². The third kappa shape index (κ3) is 23.6. The molecule has 0 radical (unpaired) electrons. The van der Waals surface area contributed by atoms with Crippen LogP contribution in [0.3, 0.4) is 0 Å². The maximum Gasteiger partial charge on any atom is 0.508 e. The van der Waals surface area contributed by atoms with Gasteiger partial charge in [-0.25, -0.2) is 4.79 Å². The minimum atomic E-state index is -0.529. The van der Waals surface area contributed by atoms with E-state index in [0.717, 1.165) is 57.9 Å². The van der Waals surface area contributed by atoms with Crippen molar-refractivity contribution < 1.29 is 23.8 Å². The van der Waals surface area contributed by atoms with E-state index in [2.05, 4.69) is 18.7 Å². The molecular weight excluding hydrogens is 418 g/mol. The number of carbonyl (C=O) groups excluding carboxylic acids is 2. The molecule has 0 aromatic heterocycles. The van der Waals surface area contributed by atoms with Crippen molar-refractivity contribution in [2.24, 2.45) is 0 Å². The zero-order valence-corrected chi connectivity index (χ0v) is 22.2. The average molecular weight is 472 g/mol. The summed E-state index contributed by atoms with van der Waals surface area (Å²) in [4.78, 5) is 25.5. The molecule has 1 atom stereocenters. The highest BCUT2D eigenvalue weighted by atomic mass is 16.7. The van der Waals surface area contributed by atoms with E-state index in [1.54, 1.807) is 0 Å². The Bertz CT molecular complexity index is 456. The second kappa shape index (κ2) is 23.8. The van der Waals surface area contributed by atoms with Crippen molar-refractivity contribution >= 4 is 12.1 Å². The summed E-state index contributed by atoms with van der Waals surface area (Å²) in [5.74, 6) is -0.0292. The SMILES string of the molecule is CCCCCCCC(=O)OCCCCCCCCCCC(CC)OC(=O)OCCCN(C)C. The highest BCUT2D eigenvalue weighted by Crippen LogP contribution is 2.14. The van der Waals surface area contributed by atoms with Gasteiger partial charge in [0.05, 0.1) is 13.2 Å². The molecule has 0 aliphatic heterocycles. The maximum atomic E-state index is 11.8. The fourth-order valence-electron chi connectivity index (χ4n) is 3.72. The van der Waals surface area contributed by atoms with Crippen LogP contribution in [0.4, 0.5) is 4.79 Å². The lowest BCUT2D eigenvalue weighted by Crippen LogP contribution is -2.20. The van der Waals surface area contributed by atoms with Gasteiger partial charge in [-0.3, -0.25) is 4.79 Å². The van der Waals surface area contributed by atoms with Crippen LogP contribution in [0.25, 0.3) is 0 Å². The molecule has 33 heavy (non-hydrogen) atoms. The summed E-state index contributed by atoms with van der Waals surface area (Å²) >= 11 is 0. The molecule has 6 heteroatoms. The normalized spacial score (nSPS) is 12.0. The Hall–Kier alpha value is -1.30. The third-order valence-corrected chi connectivity index (χ3v) is 5.86. The Labute approximate surface area is 204 Å². The monoisotopic (exact) mass is 471 g/mol. The van der Waals surface area contributed by atoms with Crippen LogP contribution in [0.1, 0.15) is 123 Å². The zero-order valence-electron chi connectivity index (χ0n) is 22.2. The summed E-state index contributed by atoms with van der Waals surface area (Å²) in [5.41, 5.74) is 0. The molecule has 0 fully saturated rings. The Balaban J connectivity index is 3.46. The van der Waals surface area contributed by atoms with Gasteiger partial charge in [0.2, 0.25) is 0 Å². The fourth-order valence-corrected chi connectivity index (χ4v) is 3.72. The quantitative estimate of drug-likeness (QED) is 0.115. The van der Waals surface area contributed by atoms with Gasteiger partial charge in [-0.1, -0.05) is 78.1 Å². The molecule has 196 valence electrons. The average Bonchev–Trinajstić information content (AvgIpc) is 2.79. The number of ether oxygens (including phenoxy) is 3. The molecule has 0 aromatic carbocycles. The zero-order chi connectivity index (χ0) is 24.6. The number of hydrogen-bond acceptors (Lipinski definition) is 6. The minimum absolute atomic E-state index is 0.0292. The van der Waals surface area contributed by atoms with Gasteiger partial charge in [-0.05, 0) is 52.6 Å². The molecule has 1 unspecified atom stereocenters. The number of hydrogen-bond donors (Lipinski definition) is 0. The van der Waals surface area contributed by atoms with E-state index in [1.807, 2.05) is 14.1 Å². The van der Waals surface area contributed by atoms with Crippen LogP contribution < -0.4 is 0 Å². The number of nitrogens with zero attached hydrogens (tertiary/aromatic N) is 1. The topological polar surface area (TPSA) is 65.1 Å². The van der Waals surface area contributed by atoms with Crippen molar-refractivity contribution in [1.82, 2.24) is 4.90 Å². The molecule has 0 N–H and O–H groups in total. The number of rotatable bonds is 23. The standard InChI is InChI=1S/C27H53NO5/c1-5-7-8-13-17-21-26(29)31-23-18-15-12-10-9-11-14-16-20-25(6-2)33-27(30)32-24-19-22-28(3)4/h25H,5-24H2,1-4H3. The van der Waals surface area contributed by atoms with Gasteiger partial charge in [0, 0.05) is 13.0 Å². The highest BCUT2D eigenvalue weighted by molar-refractivity contribution is 5.69. The van der Waals surface area contributed by atoms with E-state index in [-0.39, 0.29) is 12.1 Å². The van der Waals surface area contributed by atoms with Crippen LogP contribution in [0.15, 0.2) is 0 Å². The molecule has 0 rings (SSSR count). The molecule has 0 spiro atoms. The summed E-state index contributed by atoms with van der Waals surface area (Å²) in [6.07, 6.45) is 17.7. The molecule has 0 aliphatic carbocycles. The highest BCUT2D eigenvalue weighted by Gasteiger charge is 2.13. The van der Waals surface area contributed by atoms with E-state index >= 15 is 0 Å². The molecule has 0 saturated heterocycles. The summed E-state index contributed by atoms with van der Waals surface area (Å²) in [5, 5.41) is 0. The lowest BCUT2D eigenvalue weighted by atomic mass is 10.0. The Morgan fingerprint density at radius 1 is 0.697 bits per heavy atom. The van der Waals surface area contributed by atoms with Crippen molar-refractivity contribution in [2.45, 2.75) is 129 Å². The lowest BCUT2D eigenvalue weighted by Gasteiger charge is -2.16. The van der Waals surface area contributed by atoms with Crippen LogP contribution in [0.5, 0.6) is 0 Å². The van der Waals surface area contributed by atoms with Gasteiger partial charge in [-0.2, -0.15) is 0 Å². The second-order valence-corrected chi connectivity index (χ2v) is 9.41. The molecular formula is C27H53NO5. The van der Waals surface area contributed by atoms with Crippen LogP contribution in [0.2, 0.25) is 0 Å². The molecule has 0 heterocycles. The van der Waals surface area contributed by atoms with Gasteiger partial charge < -0.3 is 19.1 Å². The fraction of sp³-hybridized carbons (Fsp3) is 0.926. The molecule has 0 bridgehead atoms. The first-order valence-electron chi connectivity index (χ1n) is 13.6. The van der Waals surface area contributed by atoms with Crippen molar-refractivity contribution in [3.05, 3.63) is 0 Å². The predicted molar refractivity (Wildman–Crippen MR) is 136 cm³/mol. The first kappa shape index (κ1) is 31.7. The maximum absolute atomic E-state index is 11.8. The first-order valence-corrected chi connectivity index (χ1v) is 13.6. The van der Waals surface area contributed by atoms with Crippen LogP contribution in [0, 0.1) is 0 Å². The van der Waals surface area contributed by atoms with Gasteiger partial charge in [0.15, 0.2) is 0 Å². The summed E-state index contributed by atoms with van der Waals surface area (Å²) in [7, 11) is 4.00. The first-order chi connectivity index (χ1) is 16.0. The Kier molecular flexibility index (Phi) is 22.9. The van der Waals surface area contributed by atoms with Gasteiger partial charge in [0.1, 0.15) is 6.10 Å². The van der Waals surface area contributed by atoms with E-state index in [9.17, 15) is 9.59 Å². The summed E-state index contributed by atoms with van der Waals surface area (Å²) in [6, 6.07) is 0. The van der Waals surface area contributed by atoms with E-state index in [4.69, 9.17) is 14.2 Å². The molecule has 0 aromatic rings. The van der Waals surface area contributed by atoms with Crippen molar-refractivity contribution in [2.75, 3.05) is 33.9 Å². The van der Waals surface area contributed by atoms with Crippen LogP contribution in [-0.4, -0.2) is 57.0 Å². The minimum Gasteiger partial charge on any atom is -0.466 e.